The number of unbranched alkanes of at least 4 members (excludes halogenated alkanes) is 2. The van der Waals surface area contributed by atoms with Crippen LogP contribution in [0.15, 0.2) is 0 Å². The number of carbonyl (C=O) groups is 1. The van der Waals surface area contributed by atoms with Crippen LogP contribution in [0.25, 0.3) is 0 Å². The molecule has 1 rings (SSSR count). The fraction of sp³-hybridized carbons (Fsp3) is 0.700. The van der Waals surface area contributed by atoms with Crippen molar-refractivity contribution in [3.63, 3.8) is 0 Å². The van der Waals surface area contributed by atoms with Crippen molar-refractivity contribution in [2.45, 2.75) is 39.3 Å². The molecule has 0 aromatic carbocycles. The van der Waals surface area contributed by atoms with Gasteiger partial charge in [0.05, 0.1) is 12.3 Å². The van der Waals surface area contributed by atoms with Gasteiger partial charge in [-0.3, -0.25) is 0 Å². The molecular formula is C10H17N3O3. The van der Waals surface area contributed by atoms with Gasteiger partial charge in [-0.1, -0.05) is 25.0 Å². The fourth-order valence-corrected chi connectivity index (χ4v) is 1.47. The van der Waals surface area contributed by atoms with E-state index in [4.69, 9.17) is 9.84 Å². The first kappa shape index (κ1) is 12.6. The van der Waals surface area contributed by atoms with Gasteiger partial charge in [0.25, 0.3) is 0 Å². The first-order valence-corrected chi connectivity index (χ1v) is 5.35. The molecule has 1 aromatic rings. The number of hydrogen-bond donors (Lipinski definition) is 1. The van der Waals surface area contributed by atoms with Gasteiger partial charge in [0.15, 0.2) is 5.69 Å². The average molecular weight is 227 g/mol. The molecule has 6 nitrogen and oxygen atoms in total. The highest BCUT2D eigenvalue weighted by Crippen LogP contribution is 2.09. The number of aromatic carboxylic acids is 1. The van der Waals surface area contributed by atoms with Gasteiger partial charge >= 0.3 is 5.97 Å². The molecule has 0 atom stereocenters. The van der Waals surface area contributed by atoms with Gasteiger partial charge in [0.1, 0.15) is 0 Å². The van der Waals surface area contributed by atoms with Crippen molar-refractivity contribution in [2.24, 2.45) is 0 Å². The zero-order valence-corrected chi connectivity index (χ0v) is 9.64. The maximum atomic E-state index is 10.9. The van der Waals surface area contributed by atoms with Gasteiger partial charge in [0.2, 0.25) is 0 Å². The Hall–Kier alpha value is -1.43. The molecule has 0 saturated carbocycles. The molecule has 1 aromatic heterocycles. The number of aromatic nitrogens is 3. The van der Waals surface area contributed by atoms with Gasteiger partial charge < -0.3 is 9.84 Å². The highest BCUT2D eigenvalue weighted by atomic mass is 16.5. The minimum Gasteiger partial charge on any atom is -0.476 e. The minimum atomic E-state index is -1.06. The predicted octanol–water partition coefficient (Wildman–Crippen LogP) is 1.31. The van der Waals surface area contributed by atoms with Crippen LogP contribution in [-0.4, -0.2) is 33.2 Å². The van der Waals surface area contributed by atoms with Crippen LogP contribution in [0.3, 0.4) is 0 Å². The van der Waals surface area contributed by atoms with E-state index in [0.717, 1.165) is 19.3 Å². The van der Waals surface area contributed by atoms with Crippen molar-refractivity contribution >= 4 is 5.97 Å². The van der Waals surface area contributed by atoms with Crippen LogP contribution in [-0.2, 0) is 17.9 Å². The summed E-state index contributed by atoms with van der Waals surface area (Å²) in [6.07, 6.45) is 3.17. The summed E-state index contributed by atoms with van der Waals surface area (Å²) in [4.78, 5) is 10.9. The first-order valence-electron chi connectivity index (χ1n) is 5.35. The smallest absolute Gasteiger partial charge is 0.358 e. The number of nitrogens with zero attached hydrogens (tertiary/aromatic N) is 3. The summed E-state index contributed by atoms with van der Waals surface area (Å²) in [5.74, 6) is -1.06. The molecule has 0 aliphatic rings. The van der Waals surface area contributed by atoms with Crippen molar-refractivity contribution in [3.05, 3.63) is 11.4 Å². The molecule has 0 unspecified atom stereocenters. The topological polar surface area (TPSA) is 77.2 Å². The van der Waals surface area contributed by atoms with Gasteiger partial charge in [-0.05, 0) is 6.42 Å². The van der Waals surface area contributed by atoms with Gasteiger partial charge in [0, 0.05) is 13.7 Å². The number of rotatable bonds is 7. The number of hydrogen-bond acceptors (Lipinski definition) is 4. The van der Waals surface area contributed by atoms with Crippen LogP contribution in [0, 0.1) is 0 Å². The van der Waals surface area contributed by atoms with E-state index < -0.39 is 5.97 Å². The van der Waals surface area contributed by atoms with Crippen molar-refractivity contribution in [2.75, 3.05) is 7.11 Å². The van der Waals surface area contributed by atoms with Crippen LogP contribution >= 0.6 is 0 Å². The molecule has 0 amide bonds. The van der Waals surface area contributed by atoms with E-state index >= 15 is 0 Å². The highest BCUT2D eigenvalue weighted by molar-refractivity contribution is 5.86. The molecule has 0 aliphatic carbocycles. The van der Waals surface area contributed by atoms with E-state index in [2.05, 4.69) is 17.2 Å². The number of carboxylic acid groups (broad SMARTS) is 1. The van der Waals surface area contributed by atoms with Crippen LogP contribution in [0.4, 0.5) is 0 Å². The van der Waals surface area contributed by atoms with Crippen LogP contribution in [0.2, 0.25) is 0 Å². The number of methoxy groups -OCH3 is 1. The highest BCUT2D eigenvalue weighted by Gasteiger charge is 2.18. The Balaban J connectivity index is 2.78. The first-order chi connectivity index (χ1) is 7.70. The Bertz CT molecular complexity index is 349. The molecule has 90 valence electrons. The Morgan fingerprint density at radius 3 is 2.81 bits per heavy atom. The second kappa shape index (κ2) is 6.22. The Labute approximate surface area is 94.2 Å². The van der Waals surface area contributed by atoms with Gasteiger partial charge in [-0.2, -0.15) is 0 Å². The van der Waals surface area contributed by atoms with E-state index in [1.54, 1.807) is 4.68 Å². The van der Waals surface area contributed by atoms with E-state index in [-0.39, 0.29) is 12.3 Å². The lowest BCUT2D eigenvalue weighted by Gasteiger charge is -2.05. The third kappa shape index (κ3) is 3.03. The molecule has 0 saturated heterocycles. The zero-order valence-electron chi connectivity index (χ0n) is 9.64. The third-order valence-corrected chi connectivity index (χ3v) is 2.29. The maximum Gasteiger partial charge on any atom is 0.358 e. The molecule has 0 spiro atoms. The molecular weight excluding hydrogens is 210 g/mol. The summed E-state index contributed by atoms with van der Waals surface area (Å²) >= 11 is 0. The lowest BCUT2D eigenvalue weighted by atomic mass is 10.2. The largest absolute Gasteiger partial charge is 0.476 e. The van der Waals surface area contributed by atoms with Crippen LogP contribution in [0.1, 0.15) is 42.4 Å². The van der Waals surface area contributed by atoms with Crippen molar-refractivity contribution in [1.82, 2.24) is 15.0 Å². The molecule has 0 fully saturated rings. The van der Waals surface area contributed by atoms with E-state index in [0.29, 0.717) is 12.2 Å². The fourth-order valence-electron chi connectivity index (χ4n) is 1.47. The Kier molecular flexibility index (Phi) is 4.91. The van der Waals surface area contributed by atoms with Gasteiger partial charge in [-0.25, -0.2) is 9.48 Å². The standard InChI is InChI=1S/C10H17N3O3/c1-3-4-5-6-13-8(7-16-2)9(10(14)15)11-12-13/h3-7H2,1-2H3,(H,14,15). The maximum absolute atomic E-state index is 10.9. The predicted molar refractivity (Wildman–Crippen MR) is 57.2 cm³/mol. The molecule has 16 heavy (non-hydrogen) atoms. The van der Waals surface area contributed by atoms with Gasteiger partial charge in [-0.15, -0.1) is 5.10 Å². The van der Waals surface area contributed by atoms with Crippen molar-refractivity contribution in [1.29, 1.82) is 0 Å². The summed E-state index contributed by atoms with van der Waals surface area (Å²) in [7, 11) is 1.52. The van der Waals surface area contributed by atoms with E-state index in [1.807, 2.05) is 0 Å². The second-order valence-corrected chi connectivity index (χ2v) is 3.55. The lowest BCUT2D eigenvalue weighted by molar-refractivity contribution is 0.0684. The molecule has 6 heteroatoms. The second-order valence-electron chi connectivity index (χ2n) is 3.55. The van der Waals surface area contributed by atoms with Crippen molar-refractivity contribution in [3.8, 4) is 0 Å². The number of aryl methyl sites for hydroxylation is 1. The van der Waals surface area contributed by atoms with E-state index in [1.165, 1.54) is 7.11 Å². The molecule has 0 bridgehead atoms. The molecule has 1 heterocycles. The quantitative estimate of drug-likeness (QED) is 0.711. The molecule has 1 N–H and O–H groups in total. The number of ether oxygens (including phenoxy) is 1. The minimum absolute atomic E-state index is 0.0154. The summed E-state index contributed by atoms with van der Waals surface area (Å²) in [5.41, 5.74) is 0.518. The normalized spacial score (nSPS) is 10.6. The van der Waals surface area contributed by atoms with Crippen LogP contribution in [0.5, 0.6) is 0 Å². The third-order valence-electron chi connectivity index (χ3n) is 2.29. The SMILES string of the molecule is CCCCCn1nnc(C(=O)O)c1COC. The molecule has 0 radical (unpaired) electrons. The van der Waals surface area contributed by atoms with Crippen molar-refractivity contribution < 1.29 is 14.6 Å². The Morgan fingerprint density at radius 1 is 1.50 bits per heavy atom. The monoisotopic (exact) mass is 227 g/mol. The summed E-state index contributed by atoms with van der Waals surface area (Å²) in [6.45, 7) is 3.02. The summed E-state index contributed by atoms with van der Waals surface area (Å²) in [6, 6.07) is 0. The van der Waals surface area contributed by atoms with E-state index in [9.17, 15) is 4.79 Å². The van der Waals surface area contributed by atoms with Crippen LogP contribution < -0.4 is 0 Å². The molecule has 0 aliphatic heterocycles. The number of carboxylic acids is 1. The lowest BCUT2D eigenvalue weighted by Crippen LogP contribution is -2.09. The average Bonchev–Trinajstić information content (AvgIpc) is 2.63. The summed E-state index contributed by atoms with van der Waals surface area (Å²) < 4.78 is 6.57. The Morgan fingerprint density at radius 2 is 2.25 bits per heavy atom. The zero-order chi connectivity index (χ0) is 12.0. The summed E-state index contributed by atoms with van der Waals surface area (Å²) in [5, 5.41) is 16.4.